The molecule has 1 aromatic carbocycles. The maximum Gasteiger partial charge on any atom is 0.317 e. The number of aryl methyl sites for hydroxylation is 1. The fourth-order valence-electron chi connectivity index (χ4n) is 5.37. The molecule has 0 saturated heterocycles. The Morgan fingerprint density at radius 3 is 2.05 bits per heavy atom. The molecular formula is C19H24O2. The molecule has 0 amide bonds. The molecule has 0 spiro atoms. The number of ether oxygens (including phenoxy) is 1. The lowest BCUT2D eigenvalue weighted by Crippen LogP contribution is -2.51. The van der Waals surface area contributed by atoms with Gasteiger partial charge < -0.3 is 4.74 Å². The molecule has 4 fully saturated rings. The molecule has 21 heavy (non-hydrogen) atoms. The average Bonchev–Trinajstić information content (AvgIpc) is 2.46. The van der Waals surface area contributed by atoms with Crippen molar-refractivity contribution in [1.29, 1.82) is 0 Å². The summed E-state index contributed by atoms with van der Waals surface area (Å²) in [5.74, 6) is 3.11. The van der Waals surface area contributed by atoms with E-state index in [1.54, 1.807) is 0 Å². The highest BCUT2D eigenvalue weighted by Gasteiger charge is 2.55. The maximum atomic E-state index is 12.8. The predicted molar refractivity (Wildman–Crippen MR) is 82.1 cm³/mol. The second-order valence-electron chi connectivity index (χ2n) is 7.58. The van der Waals surface area contributed by atoms with E-state index in [2.05, 4.69) is 19.1 Å². The normalized spacial score (nSPS) is 36.7. The minimum absolute atomic E-state index is 0.0471. The van der Waals surface area contributed by atoms with E-state index >= 15 is 0 Å². The fraction of sp³-hybridized carbons (Fsp3) is 0.632. The highest BCUT2D eigenvalue weighted by Crippen LogP contribution is 2.60. The van der Waals surface area contributed by atoms with Crippen LogP contribution in [0.2, 0.25) is 0 Å². The zero-order valence-electron chi connectivity index (χ0n) is 12.8. The fourth-order valence-corrected chi connectivity index (χ4v) is 5.37. The van der Waals surface area contributed by atoms with E-state index < -0.39 is 0 Å². The second-order valence-corrected chi connectivity index (χ2v) is 7.58. The summed E-state index contributed by atoms with van der Waals surface area (Å²) < 4.78 is 5.76. The molecule has 2 nitrogen and oxygen atoms in total. The smallest absolute Gasteiger partial charge is 0.317 e. The van der Waals surface area contributed by atoms with E-state index in [9.17, 15) is 4.79 Å². The van der Waals surface area contributed by atoms with Gasteiger partial charge in [0.05, 0.1) is 5.41 Å². The molecule has 0 atom stereocenters. The van der Waals surface area contributed by atoms with E-state index in [-0.39, 0.29) is 11.4 Å². The molecule has 0 aliphatic heterocycles. The van der Waals surface area contributed by atoms with E-state index in [1.807, 2.05) is 12.1 Å². The summed E-state index contributed by atoms with van der Waals surface area (Å²) >= 11 is 0. The van der Waals surface area contributed by atoms with Gasteiger partial charge in [0.15, 0.2) is 0 Å². The molecule has 0 aromatic heterocycles. The summed E-state index contributed by atoms with van der Waals surface area (Å²) in [6.45, 7) is 2.14. The van der Waals surface area contributed by atoms with Crippen LogP contribution in [-0.2, 0) is 11.2 Å². The molecule has 0 radical (unpaired) electrons. The van der Waals surface area contributed by atoms with Crippen molar-refractivity contribution in [3.63, 3.8) is 0 Å². The van der Waals surface area contributed by atoms with Crippen molar-refractivity contribution in [1.82, 2.24) is 0 Å². The molecule has 112 valence electrons. The van der Waals surface area contributed by atoms with Gasteiger partial charge in [-0.15, -0.1) is 0 Å². The highest BCUT2D eigenvalue weighted by molar-refractivity contribution is 5.79. The van der Waals surface area contributed by atoms with Crippen molar-refractivity contribution in [2.45, 2.75) is 51.9 Å². The molecule has 1 aromatic rings. The van der Waals surface area contributed by atoms with Gasteiger partial charge in [-0.2, -0.15) is 0 Å². The zero-order chi connectivity index (χ0) is 14.4. The van der Waals surface area contributed by atoms with E-state index in [0.717, 1.165) is 43.4 Å². The summed E-state index contributed by atoms with van der Waals surface area (Å²) in [6, 6.07) is 8.00. The van der Waals surface area contributed by atoms with Gasteiger partial charge in [0.1, 0.15) is 5.75 Å². The lowest BCUT2D eigenvalue weighted by atomic mass is 9.49. The minimum Gasteiger partial charge on any atom is -0.426 e. The maximum absolute atomic E-state index is 12.8. The van der Waals surface area contributed by atoms with Gasteiger partial charge in [-0.3, -0.25) is 4.79 Å². The van der Waals surface area contributed by atoms with Gasteiger partial charge >= 0.3 is 5.97 Å². The van der Waals surface area contributed by atoms with Gasteiger partial charge in [-0.25, -0.2) is 0 Å². The molecule has 2 heteroatoms. The molecule has 5 rings (SSSR count). The number of hydrogen-bond acceptors (Lipinski definition) is 2. The minimum atomic E-state index is -0.155. The molecule has 0 heterocycles. The number of carbonyl (C=O) groups excluding carboxylic acids is 1. The van der Waals surface area contributed by atoms with Crippen molar-refractivity contribution in [3.8, 4) is 5.75 Å². The lowest BCUT2D eigenvalue weighted by molar-refractivity contribution is -0.161. The molecular weight excluding hydrogens is 260 g/mol. The second kappa shape index (κ2) is 4.86. The summed E-state index contributed by atoms with van der Waals surface area (Å²) in [7, 11) is 0. The molecule has 0 N–H and O–H groups in total. The van der Waals surface area contributed by atoms with Crippen LogP contribution in [0.5, 0.6) is 5.75 Å². The molecule has 4 bridgehead atoms. The van der Waals surface area contributed by atoms with E-state index in [0.29, 0.717) is 5.75 Å². The van der Waals surface area contributed by atoms with Crippen LogP contribution in [0, 0.1) is 23.2 Å². The molecule has 4 aliphatic rings. The van der Waals surface area contributed by atoms with Gasteiger partial charge in [0.25, 0.3) is 0 Å². The Balaban J connectivity index is 1.51. The SMILES string of the molecule is CCc1ccc(OC(=O)C23CC4CC(CC(C4)C2)C3)cc1. The quantitative estimate of drug-likeness (QED) is 0.608. The molecule has 0 unspecified atom stereocenters. The largest absolute Gasteiger partial charge is 0.426 e. The number of rotatable bonds is 3. The molecule has 4 saturated carbocycles. The third-order valence-electron chi connectivity index (χ3n) is 6.01. The van der Waals surface area contributed by atoms with Crippen molar-refractivity contribution in [2.75, 3.05) is 0 Å². The first-order valence-electron chi connectivity index (χ1n) is 8.48. The van der Waals surface area contributed by atoms with Gasteiger partial charge in [0.2, 0.25) is 0 Å². The first-order valence-corrected chi connectivity index (χ1v) is 8.48. The van der Waals surface area contributed by atoms with Crippen molar-refractivity contribution < 1.29 is 9.53 Å². The predicted octanol–water partition coefficient (Wildman–Crippen LogP) is 4.37. The molecule has 4 aliphatic carbocycles. The average molecular weight is 284 g/mol. The Morgan fingerprint density at radius 1 is 1.05 bits per heavy atom. The van der Waals surface area contributed by atoms with Crippen LogP contribution in [-0.4, -0.2) is 5.97 Å². The van der Waals surface area contributed by atoms with Crippen LogP contribution in [0.1, 0.15) is 51.0 Å². The third kappa shape index (κ3) is 2.29. The van der Waals surface area contributed by atoms with Crippen LogP contribution in [0.15, 0.2) is 24.3 Å². The number of benzene rings is 1. The summed E-state index contributed by atoms with van der Waals surface area (Å²) in [5.41, 5.74) is 1.13. The Kier molecular flexibility index (Phi) is 3.09. The lowest BCUT2D eigenvalue weighted by Gasteiger charge is -2.55. The first kappa shape index (κ1) is 13.4. The van der Waals surface area contributed by atoms with Crippen LogP contribution < -0.4 is 4.74 Å². The van der Waals surface area contributed by atoms with Crippen molar-refractivity contribution in [2.24, 2.45) is 23.2 Å². The van der Waals surface area contributed by atoms with Crippen LogP contribution in [0.25, 0.3) is 0 Å². The number of hydrogen-bond donors (Lipinski definition) is 0. The Hall–Kier alpha value is -1.31. The van der Waals surface area contributed by atoms with Crippen LogP contribution in [0.3, 0.4) is 0 Å². The third-order valence-corrected chi connectivity index (χ3v) is 6.01. The van der Waals surface area contributed by atoms with Crippen LogP contribution >= 0.6 is 0 Å². The van der Waals surface area contributed by atoms with Gasteiger partial charge in [0, 0.05) is 0 Å². The van der Waals surface area contributed by atoms with Crippen molar-refractivity contribution in [3.05, 3.63) is 29.8 Å². The Bertz CT molecular complexity index is 508. The van der Waals surface area contributed by atoms with Gasteiger partial charge in [-0.1, -0.05) is 19.1 Å². The van der Waals surface area contributed by atoms with Crippen molar-refractivity contribution >= 4 is 5.97 Å². The van der Waals surface area contributed by atoms with E-state index in [4.69, 9.17) is 4.74 Å². The zero-order valence-corrected chi connectivity index (χ0v) is 12.8. The Labute approximate surface area is 126 Å². The first-order chi connectivity index (χ1) is 10.2. The summed E-state index contributed by atoms with van der Waals surface area (Å²) in [6.07, 6.45) is 8.32. The Morgan fingerprint density at radius 2 is 1.57 bits per heavy atom. The number of esters is 1. The standard InChI is InChI=1S/C19H24O2/c1-2-13-3-5-17(6-4-13)21-18(20)19-10-14-7-15(11-19)9-16(8-14)12-19/h3-6,14-16H,2,7-12H2,1H3. The number of carbonyl (C=O) groups is 1. The summed E-state index contributed by atoms with van der Waals surface area (Å²) in [5, 5.41) is 0. The summed E-state index contributed by atoms with van der Waals surface area (Å²) in [4.78, 5) is 12.8. The van der Waals surface area contributed by atoms with Crippen LogP contribution in [0.4, 0.5) is 0 Å². The highest BCUT2D eigenvalue weighted by atomic mass is 16.5. The van der Waals surface area contributed by atoms with Gasteiger partial charge in [-0.05, 0) is 80.4 Å². The topological polar surface area (TPSA) is 26.3 Å². The monoisotopic (exact) mass is 284 g/mol. The van der Waals surface area contributed by atoms with E-state index in [1.165, 1.54) is 24.8 Å².